The quantitative estimate of drug-likeness (QED) is 0.443. The second-order valence-corrected chi connectivity index (χ2v) is 6.56. The summed E-state index contributed by atoms with van der Waals surface area (Å²) < 4.78 is 16.8. The molecule has 0 saturated carbocycles. The molecule has 1 N–H and O–H groups in total. The second-order valence-electron chi connectivity index (χ2n) is 6.56. The van der Waals surface area contributed by atoms with Crippen molar-refractivity contribution in [3.8, 4) is 11.5 Å². The van der Waals surface area contributed by atoms with E-state index in [2.05, 4.69) is 5.32 Å². The Labute approximate surface area is 168 Å². The molecular weight excluding hydrogens is 366 g/mol. The van der Waals surface area contributed by atoms with Crippen molar-refractivity contribution in [1.29, 1.82) is 0 Å². The van der Waals surface area contributed by atoms with Gasteiger partial charge in [0.15, 0.2) is 0 Å². The van der Waals surface area contributed by atoms with Crippen LogP contribution in [0.4, 0.5) is 10.5 Å². The molecule has 146 valence electrons. The van der Waals surface area contributed by atoms with E-state index in [1.54, 1.807) is 26.4 Å². The predicted octanol–water partition coefficient (Wildman–Crippen LogP) is 5.76. The number of hydrogen-bond acceptors (Lipinski definition) is 4. The number of ether oxygens (including phenoxy) is 3. The number of hydrogen-bond donors (Lipinski definition) is 1. The fourth-order valence-electron chi connectivity index (χ4n) is 3.50. The third-order valence-corrected chi connectivity index (χ3v) is 4.79. The minimum atomic E-state index is -0.501. The average Bonchev–Trinajstić information content (AvgIpc) is 2.76. The van der Waals surface area contributed by atoms with Crippen molar-refractivity contribution < 1.29 is 19.0 Å². The highest BCUT2D eigenvalue weighted by molar-refractivity contribution is 6.11. The molecule has 1 amide bonds. The van der Waals surface area contributed by atoms with Gasteiger partial charge in [-0.1, -0.05) is 54.6 Å². The summed E-state index contributed by atoms with van der Waals surface area (Å²) in [6.45, 7) is 0.146. The Morgan fingerprint density at radius 1 is 0.759 bits per heavy atom. The molecule has 4 aromatic rings. The van der Waals surface area contributed by atoms with Crippen molar-refractivity contribution >= 4 is 33.3 Å². The molecule has 0 atom stereocenters. The number of methoxy groups -OCH3 is 2. The zero-order valence-electron chi connectivity index (χ0n) is 16.3. The number of para-hydroxylation sites is 1. The van der Waals surface area contributed by atoms with E-state index in [4.69, 9.17) is 14.2 Å². The van der Waals surface area contributed by atoms with Gasteiger partial charge >= 0.3 is 6.09 Å². The summed E-state index contributed by atoms with van der Waals surface area (Å²) >= 11 is 0. The molecule has 0 unspecified atom stereocenters. The summed E-state index contributed by atoms with van der Waals surface area (Å²) in [5.74, 6) is 1.57. The lowest BCUT2D eigenvalue weighted by Gasteiger charge is -2.16. The van der Waals surface area contributed by atoms with E-state index < -0.39 is 6.09 Å². The van der Waals surface area contributed by atoms with Gasteiger partial charge in [0.05, 0.1) is 14.2 Å². The normalized spacial score (nSPS) is 10.7. The Hall–Kier alpha value is -3.73. The Kier molecular flexibility index (Phi) is 5.20. The molecular formula is C24H21NO4. The van der Waals surface area contributed by atoms with Crippen LogP contribution in [-0.2, 0) is 11.3 Å². The largest absolute Gasteiger partial charge is 0.495 e. The number of anilines is 1. The summed E-state index contributed by atoms with van der Waals surface area (Å²) in [5, 5.41) is 6.53. The summed E-state index contributed by atoms with van der Waals surface area (Å²) in [6, 6.07) is 23.0. The Morgan fingerprint density at radius 3 is 2.00 bits per heavy atom. The maximum Gasteiger partial charge on any atom is 0.411 e. The molecule has 4 aromatic carbocycles. The van der Waals surface area contributed by atoms with Crippen LogP contribution in [0.1, 0.15) is 5.56 Å². The summed E-state index contributed by atoms with van der Waals surface area (Å²) in [4.78, 5) is 12.1. The Bertz CT molecular complexity index is 1170. The van der Waals surface area contributed by atoms with Crippen LogP contribution < -0.4 is 14.8 Å². The molecule has 0 saturated heterocycles. The number of amides is 1. The van der Waals surface area contributed by atoms with Gasteiger partial charge in [-0.25, -0.2) is 4.79 Å². The van der Waals surface area contributed by atoms with Gasteiger partial charge in [-0.2, -0.15) is 0 Å². The van der Waals surface area contributed by atoms with Crippen LogP contribution in [0.5, 0.6) is 11.5 Å². The SMILES string of the molecule is COc1c2ccccc2c(OC)c2cc(COC(=O)Nc3ccccc3)ccc12. The van der Waals surface area contributed by atoms with Gasteiger partial charge in [0.25, 0.3) is 0 Å². The number of benzene rings is 4. The Balaban J connectivity index is 1.65. The van der Waals surface area contributed by atoms with Crippen molar-refractivity contribution in [2.75, 3.05) is 19.5 Å². The molecule has 0 aliphatic rings. The van der Waals surface area contributed by atoms with Crippen molar-refractivity contribution in [1.82, 2.24) is 0 Å². The molecule has 0 aliphatic carbocycles. The highest BCUT2D eigenvalue weighted by atomic mass is 16.5. The van der Waals surface area contributed by atoms with Crippen LogP contribution in [0, 0.1) is 0 Å². The lowest BCUT2D eigenvalue weighted by molar-refractivity contribution is 0.155. The predicted molar refractivity (Wildman–Crippen MR) is 115 cm³/mol. The van der Waals surface area contributed by atoms with E-state index in [1.165, 1.54) is 0 Å². The van der Waals surface area contributed by atoms with E-state index >= 15 is 0 Å². The fraction of sp³-hybridized carbons (Fsp3) is 0.125. The van der Waals surface area contributed by atoms with Crippen molar-refractivity contribution in [3.63, 3.8) is 0 Å². The van der Waals surface area contributed by atoms with Crippen molar-refractivity contribution in [2.45, 2.75) is 6.61 Å². The van der Waals surface area contributed by atoms with Crippen molar-refractivity contribution in [3.05, 3.63) is 78.4 Å². The van der Waals surface area contributed by atoms with Gasteiger partial charge in [-0.05, 0) is 23.8 Å². The highest BCUT2D eigenvalue weighted by Crippen LogP contribution is 2.42. The second kappa shape index (κ2) is 8.10. The van der Waals surface area contributed by atoms with E-state index in [0.717, 1.165) is 38.6 Å². The lowest BCUT2D eigenvalue weighted by atomic mass is 9.99. The molecule has 5 nitrogen and oxygen atoms in total. The van der Waals surface area contributed by atoms with Crippen LogP contribution in [0.3, 0.4) is 0 Å². The summed E-state index contributed by atoms with van der Waals surface area (Å²) in [7, 11) is 3.32. The van der Waals surface area contributed by atoms with Gasteiger partial charge in [0.1, 0.15) is 18.1 Å². The zero-order valence-corrected chi connectivity index (χ0v) is 16.3. The first-order valence-corrected chi connectivity index (χ1v) is 9.25. The molecule has 0 bridgehead atoms. The number of carbonyl (C=O) groups is 1. The standard InChI is InChI=1S/C24H21NO4/c1-27-22-18-10-6-7-11-19(18)23(28-2)21-14-16(12-13-20(21)22)15-29-24(26)25-17-8-4-3-5-9-17/h3-14H,15H2,1-2H3,(H,25,26). The summed E-state index contributed by atoms with van der Waals surface area (Å²) in [5.41, 5.74) is 1.55. The van der Waals surface area contributed by atoms with E-state index in [1.807, 2.05) is 60.7 Å². The third kappa shape index (κ3) is 3.67. The number of carbonyl (C=O) groups excluding carboxylic acids is 1. The number of rotatable bonds is 5. The van der Waals surface area contributed by atoms with E-state index in [-0.39, 0.29) is 6.61 Å². The molecule has 0 radical (unpaired) electrons. The Morgan fingerprint density at radius 2 is 1.34 bits per heavy atom. The molecule has 0 aliphatic heterocycles. The van der Waals surface area contributed by atoms with Gasteiger partial charge in [0.2, 0.25) is 0 Å². The fourth-order valence-corrected chi connectivity index (χ4v) is 3.50. The maximum absolute atomic E-state index is 12.1. The van der Waals surface area contributed by atoms with Gasteiger partial charge < -0.3 is 14.2 Å². The van der Waals surface area contributed by atoms with Crippen LogP contribution >= 0.6 is 0 Å². The first-order valence-electron chi connectivity index (χ1n) is 9.25. The van der Waals surface area contributed by atoms with Crippen LogP contribution in [0.2, 0.25) is 0 Å². The number of fused-ring (bicyclic) bond motifs is 2. The first-order chi connectivity index (χ1) is 14.2. The van der Waals surface area contributed by atoms with E-state index in [9.17, 15) is 4.79 Å². The van der Waals surface area contributed by atoms with Crippen LogP contribution in [0.15, 0.2) is 72.8 Å². The lowest BCUT2D eigenvalue weighted by Crippen LogP contribution is -2.13. The average molecular weight is 387 g/mol. The minimum absolute atomic E-state index is 0.146. The van der Waals surface area contributed by atoms with Gasteiger partial charge in [-0.3, -0.25) is 5.32 Å². The molecule has 0 heterocycles. The van der Waals surface area contributed by atoms with Gasteiger partial charge in [-0.15, -0.1) is 0 Å². The molecule has 4 rings (SSSR count). The smallest absolute Gasteiger partial charge is 0.411 e. The third-order valence-electron chi connectivity index (χ3n) is 4.79. The molecule has 29 heavy (non-hydrogen) atoms. The highest BCUT2D eigenvalue weighted by Gasteiger charge is 2.15. The van der Waals surface area contributed by atoms with Crippen LogP contribution in [0.25, 0.3) is 21.5 Å². The monoisotopic (exact) mass is 387 g/mol. The van der Waals surface area contributed by atoms with Crippen molar-refractivity contribution in [2.24, 2.45) is 0 Å². The van der Waals surface area contributed by atoms with Gasteiger partial charge in [0, 0.05) is 27.2 Å². The maximum atomic E-state index is 12.1. The minimum Gasteiger partial charge on any atom is -0.495 e. The molecule has 0 spiro atoms. The first kappa shape index (κ1) is 18.6. The topological polar surface area (TPSA) is 56.8 Å². The molecule has 0 aromatic heterocycles. The molecule has 0 fully saturated rings. The van der Waals surface area contributed by atoms with Crippen LogP contribution in [-0.4, -0.2) is 20.3 Å². The molecule has 5 heteroatoms. The number of nitrogens with one attached hydrogen (secondary N) is 1. The zero-order chi connectivity index (χ0) is 20.2. The van der Waals surface area contributed by atoms with E-state index in [0.29, 0.717) is 5.69 Å². The summed E-state index contributed by atoms with van der Waals surface area (Å²) in [6.07, 6.45) is -0.501.